The van der Waals surface area contributed by atoms with Gasteiger partial charge in [-0.05, 0) is 75.0 Å². The Kier molecular flexibility index (Phi) is 29.3. The van der Waals surface area contributed by atoms with Gasteiger partial charge >= 0.3 is 0 Å². The lowest BCUT2D eigenvalue weighted by atomic mass is 10.1. The van der Waals surface area contributed by atoms with E-state index < -0.39 is 0 Å². The highest BCUT2D eigenvalue weighted by atomic mass is 16.5. The first-order valence-corrected chi connectivity index (χ1v) is 11.5. The van der Waals surface area contributed by atoms with Crippen LogP contribution in [0, 0.1) is 5.92 Å². The number of hydrogen-bond acceptors (Lipinski definition) is 7. The fraction of sp³-hybridized carbons (Fsp3) is 0.963. The zero-order valence-corrected chi connectivity index (χ0v) is 21.3. The third kappa shape index (κ3) is 19.7. The van der Waals surface area contributed by atoms with Crippen LogP contribution in [0.15, 0.2) is 0 Å². The molecule has 0 aromatic rings. The van der Waals surface area contributed by atoms with Crippen molar-refractivity contribution in [3.05, 3.63) is 0 Å². The van der Waals surface area contributed by atoms with Gasteiger partial charge < -0.3 is 20.5 Å². The number of Topliss-reactive ketones (excluding diaryl/α,β-unsaturated/α-hetero) is 1. The fourth-order valence-corrected chi connectivity index (χ4v) is 2.64. The van der Waals surface area contributed by atoms with Gasteiger partial charge in [-0.3, -0.25) is 14.6 Å². The molecule has 0 bridgehead atoms. The molecule has 2 aliphatic heterocycles. The maximum atomic E-state index is 10.5. The van der Waals surface area contributed by atoms with E-state index in [-0.39, 0.29) is 41.5 Å². The molecule has 7 nitrogen and oxygen atoms in total. The first kappa shape index (κ1) is 43.5. The molecule has 0 aromatic heterocycles. The SMILES string of the molecule is C.C.C.C.CC(=O)C(C)N(C)C.CC1CC1N.CC1NCCOC1C.CC1OCCN(C)C1C. The fourth-order valence-electron chi connectivity index (χ4n) is 2.64. The van der Waals surface area contributed by atoms with Gasteiger partial charge in [-0.1, -0.05) is 36.6 Å². The molecule has 3 fully saturated rings. The Bertz CT molecular complexity index is 439. The smallest absolute Gasteiger partial charge is 0.146 e. The second kappa shape index (κ2) is 22.9. The molecule has 0 aromatic carbocycles. The minimum Gasteiger partial charge on any atom is -0.376 e. The number of nitrogens with zero attached hydrogens (tertiary/aromatic N) is 2. The van der Waals surface area contributed by atoms with Crippen molar-refractivity contribution in [2.45, 2.75) is 121 Å². The summed E-state index contributed by atoms with van der Waals surface area (Å²) >= 11 is 0. The molecule has 7 atom stereocenters. The molecule has 0 radical (unpaired) electrons. The van der Waals surface area contributed by atoms with Crippen LogP contribution in [-0.4, -0.2) is 99.4 Å². The number of ketones is 1. The molecule has 0 spiro atoms. The summed E-state index contributed by atoms with van der Waals surface area (Å²) in [5.41, 5.74) is 5.37. The van der Waals surface area contributed by atoms with E-state index in [0.717, 1.165) is 32.2 Å². The van der Waals surface area contributed by atoms with Crippen molar-refractivity contribution in [3.8, 4) is 0 Å². The van der Waals surface area contributed by atoms with Crippen LogP contribution < -0.4 is 11.1 Å². The number of carbonyl (C=O) groups excluding carboxylic acids is 1. The topological polar surface area (TPSA) is 80.1 Å². The van der Waals surface area contributed by atoms with Crippen molar-refractivity contribution in [2.24, 2.45) is 11.7 Å². The van der Waals surface area contributed by atoms with E-state index >= 15 is 0 Å². The summed E-state index contributed by atoms with van der Waals surface area (Å²) in [5, 5.41) is 3.31. The highest BCUT2D eigenvalue weighted by Gasteiger charge is 2.27. The van der Waals surface area contributed by atoms with Crippen LogP contribution in [0.25, 0.3) is 0 Å². The number of likely N-dealkylation sites (N-methyl/N-ethyl adjacent to an activating group) is 2. The number of ether oxygens (including phenoxy) is 2. The molecular formula is C27H66N4O3. The molecule has 1 aliphatic carbocycles. The molecule has 3 rings (SSSR count). The number of rotatable bonds is 2. The number of nitrogens with two attached hydrogens (primary N) is 1. The van der Waals surface area contributed by atoms with Crippen LogP contribution in [-0.2, 0) is 14.3 Å². The van der Waals surface area contributed by atoms with Crippen LogP contribution in [0.1, 0.15) is 84.6 Å². The molecule has 7 heteroatoms. The Morgan fingerprint density at radius 1 is 1.00 bits per heavy atom. The van der Waals surface area contributed by atoms with E-state index in [1.807, 2.05) is 25.9 Å². The summed E-state index contributed by atoms with van der Waals surface area (Å²) in [5.74, 6) is 1.05. The molecule has 0 amide bonds. The third-order valence-electron chi connectivity index (χ3n) is 6.39. The lowest BCUT2D eigenvalue weighted by molar-refractivity contribution is -0.120. The van der Waals surface area contributed by atoms with Gasteiger partial charge in [0.15, 0.2) is 0 Å². The van der Waals surface area contributed by atoms with E-state index in [2.05, 4.69) is 51.9 Å². The van der Waals surface area contributed by atoms with Crippen molar-refractivity contribution < 1.29 is 14.3 Å². The first-order chi connectivity index (χ1) is 13.9. The van der Waals surface area contributed by atoms with E-state index in [9.17, 15) is 4.79 Å². The van der Waals surface area contributed by atoms with Gasteiger partial charge in [-0.15, -0.1) is 0 Å². The van der Waals surface area contributed by atoms with Crippen LogP contribution in [0.5, 0.6) is 0 Å². The summed E-state index contributed by atoms with van der Waals surface area (Å²) in [6, 6.07) is 1.73. The largest absolute Gasteiger partial charge is 0.376 e. The van der Waals surface area contributed by atoms with Gasteiger partial charge in [0.2, 0.25) is 0 Å². The predicted octanol–water partition coefficient (Wildman–Crippen LogP) is 4.53. The number of nitrogens with one attached hydrogen (secondary N) is 1. The Hall–Kier alpha value is -0.570. The third-order valence-corrected chi connectivity index (χ3v) is 6.39. The molecular weight excluding hydrogens is 428 g/mol. The second-order valence-electron chi connectivity index (χ2n) is 9.24. The number of carbonyl (C=O) groups is 1. The number of hydrogen-bond donors (Lipinski definition) is 2. The molecule has 2 saturated heterocycles. The molecule has 1 saturated carbocycles. The van der Waals surface area contributed by atoms with Crippen LogP contribution >= 0.6 is 0 Å². The Balaban J connectivity index is -0.000000107. The lowest BCUT2D eigenvalue weighted by Gasteiger charge is -2.34. The van der Waals surface area contributed by atoms with E-state index in [0.29, 0.717) is 30.3 Å². The quantitative estimate of drug-likeness (QED) is 0.584. The minimum atomic E-state index is 0. The second-order valence-corrected chi connectivity index (χ2v) is 9.24. The van der Waals surface area contributed by atoms with Gasteiger partial charge in [0.05, 0.1) is 31.5 Å². The zero-order valence-electron chi connectivity index (χ0n) is 21.3. The summed E-state index contributed by atoms with van der Waals surface area (Å²) in [6.45, 7) is 18.1. The van der Waals surface area contributed by atoms with E-state index in [4.69, 9.17) is 15.2 Å². The van der Waals surface area contributed by atoms with Crippen molar-refractivity contribution in [1.29, 1.82) is 0 Å². The maximum Gasteiger partial charge on any atom is 0.146 e. The molecule has 7 unspecified atom stereocenters. The maximum absolute atomic E-state index is 10.5. The van der Waals surface area contributed by atoms with E-state index in [1.54, 1.807) is 6.92 Å². The predicted molar refractivity (Wildman–Crippen MR) is 153 cm³/mol. The number of morpholine rings is 2. The Labute approximate surface area is 215 Å². The van der Waals surface area contributed by atoms with Crippen molar-refractivity contribution >= 4 is 5.78 Å². The Morgan fingerprint density at radius 2 is 1.44 bits per heavy atom. The highest BCUT2D eigenvalue weighted by molar-refractivity contribution is 5.80. The van der Waals surface area contributed by atoms with Crippen molar-refractivity contribution in [2.75, 3.05) is 47.4 Å². The zero-order chi connectivity index (χ0) is 23.4. The van der Waals surface area contributed by atoms with Crippen LogP contribution in [0.4, 0.5) is 0 Å². The van der Waals surface area contributed by atoms with Crippen LogP contribution in [0.3, 0.4) is 0 Å². The molecule has 3 aliphatic rings. The summed E-state index contributed by atoms with van der Waals surface area (Å²) in [7, 11) is 5.93. The Morgan fingerprint density at radius 3 is 1.65 bits per heavy atom. The molecule has 2 heterocycles. The summed E-state index contributed by atoms with van der Waals surface area (Å²) in [6.07, 6.45) is 2.05. The van der Waals surface area contributed by atoms with Crippen molar-refractivity contribution in [3.63, 3.8) is 0 Å². The average Bonchev–Trinajstić information content (AvgIpc) is 3.34. The average molecular weight is 495 g/mol. The van der Waals surface area contributed by atoms with Gasteiger partial charge in [0.1, 0.15) is 5.78 Å². The molecule has 34 heavy (non-hydrogen) atoms. The minimum absolute atomic E-state index is 0. The standard InChI is InChI=1S/C7H15NO.2C6H13NO.C4H9N.4CH4/c1-6-7(2)9-5-4-8(6)3;1-5-6(2)8-4-3-7-5;1-5(6(2)8)7(3)4;1-3-2-4(3)5;;;;/h6-7H,4-5H2,1-3H3;5-7H,3-4H2,1-2H3;5H,1-4H3;3-4H,2,5H2,1H3;4*1H4. The van der Waals surface area contributed by atoms with Gasteiger partial charge in [-0.25, -0.2) is 0 Å². The van der Waals surface area contributed by atoms with E-state index in [1.165, 1.54) is 6.42 Å². The van der Waals surface area contributed by atoms with Crippen LogP contribution in [0.2, 0.25) is 0 Å². The lowest BCUT2D eigenvalue weighted by Crippen LogP contribution is -2.45. The molecule has 212 valence electrons. The van der Waals surface area contributed by atoms with Gasteiger partial charge in [-0.2, -0.15) is 0 Å². The van der Waals surface area contributed by atoms with Crippen molar-refractivity contribution in [1.82, 2.24) is 15.1 Å². The monoisotopic (exact) mass is 495 g/mol. The summed E-state index contributed by atoms with van der Waals surface area (Å²) in [4.78, 5) is 14.8. The van der Waals surface area contributed by atoms with Gasteiger partial charge in [0, 0.05) is 31.2 Å². The highest BCUT2D eigenvalue weighted by Crippen LogP contribution is 2.25. The first-order valence-electron chi connectivity index (χ1n) is 11.5. The normalized spacial score (nSPS) is 30.2. The summed E-state index contributed by atoms with van der Waals surface area (Å²) < 4.78 is 10.7. The van der Waals surface area contributed by atoms with Gasteiger partial charge in [0.25, 0.3) is 0 Å². The molecule has 3 N–H and O–H groups in total.